The van der Waals surface area contributed by atoms with Gasteiger partial charge in [-0.15, -0.1) is 0 Å². The second-order valence-corrected chi connectivity index (χ2v) is 6.86. The molecule has 10 heteroatoms. The van der Waals surface area contributed by atoms with E-state index < -0.39 is 37.0 Å². The Bertz CT molecular complexity index is 866. The summed E-state index contributed by atoms with van der Waals surface area (Å²) in [7, 11) is 0. The summed E-state index contributed by atoms with van der Waals surface area (Å²) in [6.07, 6.45) is -14.8. The number of carbonyl (C=O) groups is 1. The Balaban J connectivity index is 1.61. The van der Waals surface area contributed by atoms with Gasteiger partial charge in [-0.25, -0.2) is 4.79 Å². The lowest BCUT2D eigenvalue weighted by atomic mass is 9.98. The first-order chi connectivity index (χ1) is 14.0. The molecule has 2 aromatic carbocycles. The number of carbonyl (C=O) groups excluding carboxylic acids is 1. The molecule has 0 fully saturated rings. The number of hydrogen-bond acceptors (Lipinski definition) is 3. The molecule has 0 saturated carbocycles. The van der Waals surface area contributed by atoms with E-state index in [0.29, 0.717) is 0 Å². The Hall–Kier alpha value is -2.75. The molecular formula is C20H17F6NO3. The maximum atomic E-state index is 12.6. The van der Waals surface area contributed by atoms with Crippen LogP contribution in [0.15, 0.2) is 48.5 Å². The zero-order valence-electron chi connectivity index (χ0n) is 15.3. The predicted octanol–water partition coefficient (Wildman–Crippen LogP) is 4.77. The third-order valence-corrected chi connectivity index (χ3v) is 5.04. The standard InChI is InChI=1S/C20H17F6NO3/c21-19(22,23)18(29,20(24,25)26)9-10-27-17(28)30-11-16-14-7-3-1-5-12(14)13-6-2-4-8-15(13)16/h1-8,16,29H,9-11H2,(H,27,28). The minimum Gasteiger partial charge on any atom is -0.449 e. The molecule has 3 rings (SSSR count). The Morgan fingerprint density at radius 2 is 1.37 bits per heavy atom. The molecule has 0 heterocycles. The van der Waals surface area contributed by atoms with Crippen molar-refractivity contribution in [2.45, 2.75) is 30.3 Å². The SMILES string of the molecule is O=C(NCCC(O)(C(F)(F)F)C(F)(F)F)OCC1c2ccccc2-c2ccccc21. The lowest BCUT2D eigenvalue weighted by molar-refractivity contribution is -0.369. The van der Waals surface area contributed by atoms with E-state index in [1.54, 1.807) is 0 Å². The summed E-state index contributed by atoms with van der Waals surface area (Å²) in [5.74, 6) is -0.314. The topological polar surface area (TPSA) is 58.6 Å². The summed E-state index contributed by atoms with van der Waals surface area (Å²) in [5.41, 5.74) is -1.20. The fourth-order valence-corrected chi connectivity index (χ4v) is 3.44. The second-order valence-electron chi connectivity index (χ2n) is 6.86. The van der Waals surface area contributed by atoms with Crippen LogP contribution in [-0.2, 0) is 4.74 Å². The number of halogens is 6. The Morgan fingerprint density at radius 3 is 1.83 bits per heavy atom. The maximum Gasteiger partial charge on any atom is 0.426 e. The van der Waals surface area contributed by atoms with Crippen LogP contribution in [-0.4, -0.2) is 42.3 Å². The van der Waals surface area contributed by atoms with Crippen molar-refractivity contribution in [2.75, 3.05) is 13.2 Å². The lowest BCUT2D eigenvalue weighted by Gasteiger charge is -2.32. The summed E-state index contributed by atoms with van der Waals surface area (Å²) in [5, 5.41) is 10.9. The summed E-state index contributed by atoms with van der Waals surface area (Å²) in [6.45, 7) is -1.23. The highest BCUT2D eigenvalue weighted by atomic mass is 19.4. The van der Waals surface area contributed by atoms with Crippen molar-refractivity contribution in [2.24, 2.45) is 0 Å². The van der Waals surface area contributed by atoms with Gasteiger partial charge in [-0.05, 0) is 22.3 Å². The van der Waals surface area contributed by atoms with E-state index in [9.17, 15) is 31.1 Å². The fraction of sp³-hybridized carbons (Fsp3) is 0.350. The molecule has 1 aliphatic rings. The van der Waals surface area contributed by atoms with Crippen LogP contribution in [0.5, 0.6) is 0 Å². The smallest absolute Gasteiger partial charge is 0.426 e. The average molecular weight is 433 g/mol. The van der Waals surface area contributed by atoms with Gasteiger partial charge >= 0.3 is 18.4 Å². The minimum absolute atomic E-state index is 0.150. The van der Waals surface area contributed by atoms with Gasteiger partial charge < -0.3 is 15.2 Å². The molecular weight excluding hydrogens is 416 g/mol. The summed E-state index contributed by atoms with van der Waals surface area (Å²) >= 11 is 0. The van der Waals surface area contributed by atoms with Crippen LogP contribution in [0, 0.1) is 0 Å². The van der Waals surface area contributed by atoms with E-state index in [1.165, 1.54) is 0 Å². The molecule has 0 aromatic heterocycles. The van der Waals surface area contributed by atoms with E-state index in [2.05, 4.69) is 0 Å². The van der Waals surface area contributed by atoms with E-state index in [-0.39, 0.29) is 12.5 Å². The molecule has 4 nitrogen and oxygen atoms in total. The van der Waals surface area contributed by atoms with E-state index in [4.69, 9.17) is 9.84 Å². The number of nitrogens with one attached hydrogen (secondary N) is 1. The number of fused-ring (bicyclic) bond motifs is 3. The average Bonchev–Trinajstić information content (AvgIpc) is 2.98. The maximum absolute atomic E-state index is 12.6. The molecule has 2 N–H and O–H groups in total. The van der Waals surface area contributed by atoms with Crippen molar-refractivity contribution in [3.63, 3.8) is 0 Å². The fourth-order valence-electron chi connectivity index (χ4n) is 3.44. The molecule has 0 aliphatic heterocycles. The largest absolute Gasteiger partial charge is 0.449 e. The summed E-state index contributed by atoms with van der Waals surface area (Å²) < 4.78 is 80.9. The van der Waals surface area contributed by atoms with Crippen molar-refractivity contribution in [1.82, 2.24) is 5.32 Å². The predicted molar refractivity (Wildman–Crippen MR) is 94.7 cm³/mol. The molecule has 1 aliphatic carbocycles. The van der Waals surface area contributed by atoms with Crippen LogP contribution in [0.2, 0.25) is 0 Å². The number of amides is 1. The molecule has 0 atom stereocenters. The normalized spacial score (nSPS) is 14.2. The van der Waals surface area contributed by atoms with E-state index in [0.717, 1.165) is 22.3 Å². The minimum atomic E-state index is -5.94. The first-order valence-electron chi connectivity index (χ1n) is 8.90. The number of alkyl halides is 6. The second kappa shape index (κ2) is 7.82. The van der Waals surface area contributed by atoms with Crippen LogP contribution in [0.4, 0.5) is 31.1 Å². The van der Waals surface area contributed by atoms with Crippen LogP contribution >= 0.6 is 0 Å². The lowest BCUT2D eigenvalue weighted by Crippen LogP contribution is -2.58. The van der Waals surface area contributed by atoms with Gasteiger partial charge in [0.05, 0.1) is 0 Å². The molecule has 0 unspecified atom stereocenters. The van der Waals surface area contributed by atoms with Gasteiger partial charge in [0, 0.05) is 18.9 Å². The zero-order chi connectivity index (χ0) is 22.2. The molecule has 0 radical (unpaired) electrons. The number of rotatable bonds is 5. The number of hydrogen-bond donors (Lipinski definition) is 2. The molecule has 162 valence electrons. The van der Waals surface area contributed by atoms with Gasteiger partial charge in [0.25, 0.3) is 5.60 Å². The van der Waals surface area contributed by atoms with Gasteiger partial charge in [0.2, 0.25) is 0 Å². The van der Waals surface area contributed by atoms with Gasteiger partial charge in [0.1, 0.15) is 6.61 Å². The Morgan fingerprint density at radius 1 is 0.900 bits per heavy atom. The quantitative estimate of drug-likeness (QED) is 0.668. The van der Waals surface area contributed by atoms with E-state index >= 15 is 0 Å². The molecule has 0 bridgehead atoms. The summed E-state index contributed by atoms with van der Waals surface area (Å²) in [6, 6.07) is 14.9. The van der Waals surface area contributed by atoms with Gasteiger partial charge in [-0.2, -0.15) is 26.3 Å². The zero-order valence-corrected chi connectivity index (χ0v) is 15.3. The van der Waals surface area contributed by atoms with Crippen LogP contribution in [0.1, 0.15) is 23.5 Å². The third-order valence-electron chi connectivity index (χ3n) is 5.04. The molecule has 0 spiro atoms. The molecule has 30 heavy (non-hydrogen) atoms. The third kappa shape index (κ3) is 3.96. The number of ether oxygens (including phenoxy) is 1. The van der Waals surface area contributed by atoms with Crippen molar-refractivity contribution >= 4 is 6.09 Å². The van der Waals surface area contributed by atoms with Gasteiger partial charge in [0.15, 0.2) is 0 Å². The van der Waals surface area contributed by atoms with Crippen molar-refractivity contribution in [3.8, 4) is 11.1 Å². The number of alkyl carbamates (subject to hydrolysis) is 1. The molecule has 0 saturated heterocycles. The monoisotopic (exact) mass is 433 g/mol. The Labute approximate surface area is 167 Å². The van der Waals surface area contributed by atoms with Crippen molar-refractivity contribution < 1.29 is 41.0 Å². The first-order valence-corrected chi connectivity index (χ1v) is 8.90. The van der Waals surface area contributed by atoms with Gasteiger partial charge in [-0.1, -0.05) is 48.5 Å². The van der Waals surface area contributed by atoms with Gasteiger partial charge in [-0.3, -0.25) is 0 Å². The molecule has 2 aromatic rings. The summed E-state index contributed by atoms with van der Waals surface area (Å²) in [4.78, 5) is 11.8. The van der Waals surface area contributed by atoms with Crippen molar-refractivity contribution in [1.29, 1.82) is 0 Å². The highest BCUT2D eigenvalue weighted by molar-refractivity contribution is 5.79. The van der Waals surface area contributed by atoms with Crippen LogP contribution in [0.3, 0.4) is 0 Å². The highest BCUT2D eigenvalue weighted by Crippen LogP contribution is 2.45. The first kappa shape index (κ1) is 21.9. The van der Waals surface area contributed by atoms with Crippen LogP contribution in [0.25, 0.3) is 11.1 Å². The number of benzene rings is 2. The number of aliphatic hydroxyl groups is 1. The van der Waals surface area contributed by atoms with E-state index in [1.807, 2.05) is 53.8 Å². The Kier molecular flexibility index (Phi) is 5.72. The van der Waals surface area contributed by atoms with Crippen LogP contribution < -0.4 is 5.32 Å². The molecule has 1 amide bonds. The van der Waals surface area contributed by atoms with Crippen molar-refractivity contribution in [3.05, 3.63) is 59.7 Å². The highest BCUT2D eigenvalue weighted by Gasteiger charge is 2.69.